The molecule has 4 rings (SSSR count). The minimum absolute atomic E-state index is 0.165. The molecule has 4 aromatic rings. The van der Waals surface area contributed by atoms with Gasteiger partial charge in [0, 0.05) is 0 Å². The molecule has 6 nitrogen and oxygen atoms in total. The summed E-state index contributed by atoms with van der Waals surface area (Å²) < 4.78 is 6.62. The second-order valence-electron chi connectivity index (χ2n) is 5.38. The SMILES string of the molecule is O=c1c2ccccc2nc(-c2ccco2)n1/N=C/c1ccc(O)cc1. The fraction of sp³-hybridized carbons (Fsp3) is 0. The van der Waals surface area contributed by atoms with Gasteiger partial charge >= 0.3 is 0 Å². The second kappa shape index (κ2) is 6.09. The number of aromatic nitrogens is 2. The summed E-state index contributed by atoms with van der Waals surface area (Å²) >= 11 is 0. The van der Waals surface area contributed by atoms with Crippen molar-refractivity contribution in [1.29, 1.82) is 0 Å². The lowest BCUT2D eigenvalue weighted by molar-refractivity contribution is 0.475. The fourth-order valence-corrected chi connectivity index (χ4v) is 2.48. The molecular formula is C19H13N3O3. The number of hydrogen-bond donors (Lipinski definition) is 1. The number of fused-ring (bicyclic) bond motifs is 1. The average molecular weight is 331 g/mol. The number of rotatable bonds is 3. The highest BCUT2D eigenvalue weighted by molar-refractivity contribution is 5.81. The first-order valence-electron chi connectivity index (χ1n) is 7.61. The third-order valence-electron chi connectivity index (χ3n) is 3.71. The van der Waals surface area contributed by atoms with Crippen LogP contribution in [0.4, 0.5) is 0 Å². The van der Waals surface area contributed by atoms with E-state index in [4.69, 9.17) is 4.42 Å². The first kappa shape index (κ1) is 14.9. The molecule has 6 heteroatoms. The number of nitrogens with zero attached hydrogens (tertiary/aromatic N) is 3. The van der Waals surface area contributed by atoms with Gasteiger partial charge in [-0.2, -0.15) is 9.78 Å². The van der Waals surface area contributed by atoms with Gasteiger partial charge in [-0.25, -0.2) is 4.98 Å². The zero-order valence-corrected chi connectivity index (χ0v) is 13.0. The van der Waals surface area contributed by atoms with Crippen molar-refractivity contribution in [3.8, 4) is 17.3 Å². The van der Waals surface area contributed by atoms with E-state index in [9.17, 15) is 9.90 Å². The van der Waals surface area contributed by atoms with Crippen LogP contribution in [0.15, 0.2) is 81.2 Å². The summed E-state index contributed by atoms with van der Waals surface area (Å²) in [6.45, 7) is 0. The number of para-hydroxylation sites is 1. The molecule has 2 aromatic heterocycles. The molecular weight excluding hydrogens is 318 g/mol. The van der Waals surface area contributed by atoms with E-state index in [0.29, 0.717) is 22.5 Å². The summed E-state index contributed by atoms with van der Waals surface area (Å²) in [6, 6.07) is 17.0. The van der Waals surface area contributed by atoms with Crippen LogP contribution in [0.2, 0.25) is 0 Å². The lowest BCUT2D eigenvalue weighted by atomic mass is 10.2. The Kier molecular flexibility index (Phi) is 3.63. The number of phenolic OH excluding ortho intramolecular Hbond substituents is 1. The topological polar surface area (TPSA) is 80.6 Å². The largest absolute Gasteiger partial charge is 0.508 e. The lowest BCUT2D eigenvalue weighted by Crippen LogP contribution is -2.20. The van der Waals surface area contributed by atoms with Crippen molar-refractivity contribution in [1.82, 2.24) is 9.66 Å². The predicted molar refractivity (Wildman–Crippen MR) is 94.8 cm³/mol. The van der Waals surface area contributed by atoms with Crippen LogP contribution < -0.4 is 5.56 Å². The fourth-order valence-electron chi connectivity index (χ4n) is 2.48. The van der Waals surface area contributed by atoms with Gasteiger partial charge in [-0.3, -0.25) is 4.79 Å². The Labute approximate surface area is 142 Å². The highest BCUT2D eigenvalue weighted by atomic mass is 16.3. The normalized spacial score (nSPS) is 11.4. The molecule has 25 heavy (non-hydrogen) atoms. The Bertz CT molecular complexity index is 1110. The van der Waals surface area contributed by atoms with Crippen LogP contribution in [0.25, 0.3) is 22.5 Å². The smallest absolute Gasteiger partial charge is 0.282 e. The highest BCUT2D eigenvalue weighted by Gasteiger charge is 2.14. The Hall–Kier alpha value is -3.67. The van der Waals surface area contributed by atoms with E-state index in [2.05, 4.69) is 10.1 Å². The summed E-state index contributed by atoms with van der Waals surface area (Å²) in [5.74, 6) is 0.937. The van der Waals surface area contributed by atoms with Crippen LogP contribution >= 0.6 is 0 Å². The van der Waals surface area contributed by atoms with Crippen molar-refractivity contribution in [2.45, 2.75) is 0 Å². The third kappa shape index (κ3) is 2.81. The number of aromatic hydroxyl groups is 1. The molecule has 0 aliphatic heterocycles. The van der Waals surface area contributed by atoms with Gasteiger partial charge < -0.3 is 9.52 Å². The minimum atomic E-state index is -0.285. The molecule has 0 amide bonds. The maximum atomic E-state index is 12.8. The molecule has 2 heterocycles. The van der Waals surface area contributed by atoms with Crippen LogP contribution in [0.1, 0.15) is 5.56 Å². The molecule has 0 radical (unpaired) electrons. The quantitative estimate of drug-likeness (QED) is 0.584. The Morgan fingerprint density at radius 1 is 1.04 bits per heavy atom. The molecule has 1 N–H and O–H groups in total. The molecule has 0 unspecified atom stereocenters. The van der Waals surface area contributed by atoms with E-state index in [1.807, 2.05) is 6.07 Å². The van der Waals surface area contributed by atoms with E-state index in [1.54, 1.807) is 54.6 Å². The monoisotopic (exact) mass is 331 g/mol. The molecule has 0 aliphatic rings. The molecule has 0 aliphatic carbocycles. The summed E-state index contributed by atoms with van der Waals surface area (Å²) in [7, 11) is 0. The van der Waals surface area contributed by atoms with E-state index in [-0.39, 0.29) is 11.3 Å². The van der Waals surface area contributed by atoms with E-state index < -0.39 is 0 Å². The molecule has 0 bridgehead atoms. The van der Waals surface area contributed by atoms with E-state index in [1.165, 1.54) is 17.2 Å². The van der Waals surface area contributed by atoms with Crippen molar-refractivity contribution >= 4 is 17.1 Å². The molecule has 2 aromatic carbocycles. The standard InChI is InChI=1S/C19H13N3O3/c23-14-9-7-13(8-10-14)12-20-22-18(17-6-3-11-25-17)21-16-5-2-1-4-15(16)19(22)24/h1-12,23H/b20-12+. The number of furan rings is 1. The van der Waals surface area contributed by atoms with Gasteiger partial charge in [0.25, 0.3) is 5.56 Å². The van der Waals surface area contributed by atoms with Gasteiger partial charge in [-0.05, 0) is 54.1 Å². The zero-order chi connectivity index (χ0) is 17.2. The highest BCUT2D eigenvalue weighted by Crippen LogP contribution is 2.19. The van der Waals surface area contributed by atoms with Gasteiger partial charge in [0.1, 0.15) is 5.75 Å². The van der Waals surface area contributed by atoms with Gasteiger partial charge in [0.05, 0.1) is 23.4 Å². The van der Waals surface area contributed by atoms with Crippen molar-refractivity contribution in [3.05, 3.63) is 82.8 Å². The van der Waals surface area contributed by atoms with Crippen molar-refractivity contribution in [3.63, 3.8) is 0 Å². The Morgan fingerprint density at radius 3 is 2.60 bits per heavy atom. The van der Waals surface area contributed by atoms with Gasteiger partial charge in [-0.15, -0.1) is 0 Å². The number of hydrogen-bond acceptors (Lipinski definition) is 5. The van der Waals surface area contributed by atoms with E-state index >= 15 is 0 Å². The minimum Gasteiger partial charge on any atom is -0.508 e. The summed E-state index contributed by atoms with van der Waals surface area (Å²) in [6.07, 6.45) is 3.05. The van der Waals surface area contributed by atoms with Crippen molar-refractivity contribution in [2.24, 2.45) is 5.10 Å². The molecule has 0 spiro atoms. The summed E-state index contributed by atoms with van der Waals surface area (Å²) in [5.41, 5.74) is 1.03. The Balaban J connectivity index is 1.91. The summed E-state index contributed by atoms with van der Waals surface area (Å²) in [4.78, 5) is 17.4. The number of benzene rings is 2. The maximum Gasteiger partial charge on any atom is 0.282 e. The Morgan fingerprint density at radius 2 is 1.84 bits per heavy atom. The molecule has 122 valence electrons. The van der Waals surface area contributed by atoms with Crippen LogP contribution in [0.3, 0.4) is 0 Å². The van der Waals surface area contributed by atoms with Crippen molar-refractivity contribution in [2.75, 3.05) is 0 Å². The molecule has 0 atom stereocenters. The van der Waals surface area contributed by atoms with Crippen LogP contribution in [-0.4, -0.2) is 21.0 Å². The van der Waals surface area contributed by atoms with Gasteiger partial charge in [-0.1, -0.05) is 12.1 Å². The van der Waals surface area contributed by atoms with Crippen molar-refractivity contribution < 1.29 is 9.52 Å². The molecule has 0 saturated carbocycles. The first-order chi connectivity index (χ1) is 12.2. The van der Waals surface area contributed by atoms with Gasteiger partial charge in [0.15, 0.2) is 5.76 Å². The lowest BCUT2D eigenvalue weighted by Gasteiger charge is -2.07. The summed E-state index contributed by atoms with van der Waals surface area (Å²) in [5, 5.41) is 14.1. The van der Waals surface area contributed by atoms with Gasteiger partial charge in [0.2, 0.25) is 5.82 Å². The van der Waals surface area contributed by atoms with Crippen LogP contribution in [0.5, 0.6) is 5.75 Å². The predicted octanol–water partition coefficient (Wildman–Crippen LogP) is 3.24. The van der Waals surface area contributed by atoms with E-state index in [0.717, 1.165) is 5.56 Å². The third-order valence-corrected chi connectivity index (χ3v) is 3.71. The van der Waals surface area contributed by atoms with Crippen LogP contribution in [-0.2, 0) is 0 Å². The molecule has 0 saturated heterocycles. The average Bonchev–Trinajstić information content (AvgIpc) is 3.17. The second-order valence-corrected chi connectivity index (χ2v) is 5.38. The van der Waals surface area contributed by atoms with Crippen LogP contribution in [0, 0.1) is 0 Å². The maximum absolute atomic E-state index is 12.8. The zero-order valence-electron chi connectivity index (χ0n) is 13.0. The number of phenols is 1. The first-order valence-corrected chi connectivity index (χ1v) is 7.61. The molecule has 0 fully saturated rings.